The first-order chi connectivity index (χ1) is 6.79. The van der Waals surface area contributed by atoms with Crippen molar-refractivity contribution in [3.63, 3.8) is 0 Å². The number of hydrogen-bond acceptors (Lipinski definition) is 2. The van der Waals surface area contributed by atoms with Crippen LogP contribution in [-0.2, 0) is 0 Å². The van der Waals surface area contributed by atoms with Crippen LogP contribution in [0.4, 0.5) is 0 Å². The maximum absolute atomic E-state index is 3.72. The lowest BCUT2D eigenvalue weighted by molar-refractivity contribution is 0.215. The molecule has 2 rings (SSSR count). The van der Waals surface area contributed by atoms with E-state index >= 15 is 0 Å². The van der Waals surface area contributed by atoms with Gasteiger partial charge in [-0.15, -0.1) is 0 Å². The molecule has 0 spiro atoms. The second-order valence-electron chi connectivity index (χ2n) is 5.17. The van der Waals surface area contributed by atoms with E-state index in [1.54, 1.807) is 0 Å². The van der Waals surface area contributed by atoms with E-state index in [1.165, 1.54) is 45.3 Å². The molecule has 0 aromatic rings. The van der Waals surface area contributed by atoms with Crippen LogP contribution >= 0.6 is 0 Å². The first-order valence-corrected chi connectivity index (χ1v) is 6.21. The third-order valence-corrected chi connectivity index (χ3v) is 3.95. The molecule has 0 radical (unpaired) electrons. The Morgan fingerprint density at radius 1 is 1.29 bits per heavy atom. The van der Waals surface area contributed by atoms with E-state index in [4.69, 9.17) is 0 Å². The van der Waals surface area contributed by atoms with Crippen LogP contribution in [0, 0.1) is 11.8 Å². The van der Waals surface area contributed by atoms with Crippen molar-refractivity contribution in [3.8, 4) is 0 Å². The average Bonchev–Trinajstić information content (AvgIpc) is 2.96. The molecule has 1 saturated heterocycles. The fraction of sp³-hybridized carbons (Fsp3) is 1.00. The third-order valence-electron chi connectivity index (χ3n) is 3.95. The number of nitrogens with zero attached hydrogens (tertiary/aromatic N) is 1. The van der Waals surface area contributed by atoms with E-state index in [0.717, 1.165) is 17.9 Å². The van der Waals surface area contributed by atoms with Gasteiger partial charge >= 0.3 is 0 Å². The second-order valence-corrected chi connectivity index (χ2v) is 5.17. The van der Waals surface area contributed by atoms with Crippen LogP contribution in [0.2, 0.25) is 0 Å². The van der Waals surface area contributed by atoms with Crippen molar-refractivity contribution in [1.29, 1.82) is 0 Å². The summed E-state index contributed by atoms with van der Waals surface area (Å²) in [5.41, 5.74) is 0. The minimum absolute atomic E-state index is 0.875. The first-order valence-electron chi connectivity index (χ1n) is 6.21. The minimum Gasteiger partial charge on any atom is -0.313 e. The average molecular weight is 196 g/mol. The predicted octanol–water partition coefficient (Wildman–Crippen LogP) is 1.72. The van der Waals surface area contributed by atoms with Gasteiger partial charge in [0.25, 0.3) is 0 Å². The summed E-state index contributed by atoms with van der Waals surface area (Å²) >= 11 is 0. The van der Waals surface area contributed by atoms with Crippen molar-refractivity contribution in [2.45, 2.75) is 38.6 Å². The number of likely N-dealkylation sites (tertiary alicyclic amines) is 1. The summed E-state index contributed by atoms with van der Waals surface area (Å²) in [6.45, 7) is 6.18. The van der Waals surface area contributed by atoms with Gasteiger partial charge in [0, 0.05) is 6.04 Å². The van der Waals surface area contributed by atoms with Gasteiger partial charge in [-0.2, -0.15) is 0 Å². The van der Waals surface area contributed by atoms with Crippen molar-refractivity contribution in [2.24, 2.45) is 11.8 Å². The fourth-order valence-corrected chi connectivity index (χ4v) is 2.53. The lowest BCUT2D eigenvalue weighted by Crippen LogP contribution is -2.35. The third kappa shape index (κ3) is 2.71. The van der Waals surface area contributed by atoms with Crippen molar-refractivity contribution in [2.75, 3.05) is 26.7 Å². The zero-order chi connectivity index (χ0) is 9.97. The molecular formula is C12H24N2. The highest BCUT2D eigenvalue weighted by Gasteiger charge is 2.35. The Morgan fingerprint density at radius 3 is 2.57 bits per heavy atom. The molecule has 0 aromatic carbocycles. The highest BCUT2D eigenvalue weighted by atomic mass is 15.1. The molecule has 82 valence electrons. The standard InChI is InChI=1S/C12H24N2/c1-3-11-8-12(11)13-9-10-4-6-14(2)7-5-10/h10-13H,3-9H2,1-2H3. The van der Waals surface area contributed by atoms with E-state index in [9.17, 15) is 0 Å². The van der Waals surface area contributed by atoms with E-state index in [0.29, 0.717) is 0 Å². The zero-order valence-corrected chi connectivity index (χ0v) is 9.63. The van der Waals surface area contributed by atoms with Crippen LogP contribution in [-0.4, -0.2) is 37.6 Å². The molecule has 2 atom stereocenters. The predicted molar refractivity (Wildman–Crippen MR) is 60.4 cm³/mol. The summed E-state index contributed by atoms with van der Waals surface area (Å²) in [5.74, 6) is 1.95. The molecule has 1 heterocycles. The first kappa shape index (κ1) is 10.4. The molecule has 2 fully saturated rings. The molecule has 1 saturated carbocycles. The van der Waals surface area contributed by atoms with E-state index < -0.39 is 0 Å². The molecule has 1 aliphatic carbocycles. The van der Waals surface area contributed by atoms with Gasteiger partial charge in [0.05, 0.1) is 0 Å². The molecule has 2 nitrogen and oxygen atoms in total. The quantitative estimate of drug-likeness (QED) is 0.736. The number of nitrogens with one attached hydrogen (secondary N) is 1. The molecule has 1 N–H and O–H groups in total. The van der Waals surface area contributed by atoms with E-state index in [-0.39, 0.29) is 0 Å². The van der Waals surface area contributed by atoms with Crippen molar-refractivity contribution in [3.05, 3.63) is 0 Å². The fourth-order valence-electron chi connectivity index (χ4n) is 2.53. The van der Waals surface area contributed by atoms with Gasteiger partial charge in [-0.3, -0.25) is 0 Å². The Morgan fingerprint density at radius 2 is 2.00 bits per heavy atom. The van der Waals surface area contributed by atoms with E-state index in [1.807, 2.05) is 0 Å². The van der Waals surface area contributed by atoms with Crippen LogP contribution in [0.5, 0.6) is 0 Å². The topological polar surface area (TPSA) is 15.3 Å². The second kappa shape index (κ2) is 4.63. The molecule has 2 heteroatoms. The molecule has 2 aliphatic rings. The monoisotopic (exact) mass is 196 g/mol. The summed E-state index contributed by atoms with van der Waals surface area (Å²) in [5, 5.41) is 3.72. The van der Waals surface area contributed by atoms with Gasteiger partial charge in [0.2, 0.25) is 0 Å². The summed E-state index contributed by atoms with van der Waals surface area (Å²) in [4.78, 5) is 2.45. The highest BCUT2D eigenvalue weighted by Crippen LogP contribution is 2.33. The summed E-state index contributed by atoms with van der Waals surface area (Å²) in [6, 6.07) is 0.875. The van der Waals surface area contributed by atoms with Crippen LogP contribution in [0.1, 0.15) is 32.6 Å². The van der Waals surface area contributed by atoms with Crippen LogP contribution in [0.25, 0.3) is 0 Å². The Bertz CT molecular complexity index is 173. The zero-order valence-electron chi connectivity index (χ0n) is 9.63. The number of rotatable bonds is 4. The Hall–Kier alpha value is -0.0800. The van der Waals surface area contributed by atoms with Crippen LogP contribution in [0.15, 0.2) is 0 Å². The Labute approximate surface area is 88.1 Å². The van der Waals surface area contributed by atoms with Crippen LogP contribution in [0.3, 0.4) is 0 Å². The van der Waals surface area contributed by atoms with Gasteiger partial charge in [-0.25, -0.2) is 0 Å². The molecule has 0 aromatic heterocycles. The summed E-state index contributed by atoms with van der Waals surface area (Å²) in [7, 11) is 2.23. The Balaban J connectivity index is 1.58. The maximum atomic E-state index is 3.72. The molecule has 14 heavy (non-hydrogen) atoms. The van der Waals surface area contributed by atoms with Crippen molar-refractivity contribution >= 4 is 0 Å². The molecular weight excluding hydrogens is 172 g/mol. The molecule has 1 aliphatic heterocycles. The lowest BCUT2D eigenvalue weighted by atomic mass is 9.97. The van der Waals surface area contributed by atoms with Gasteiger partial charge in [-0.1, -0.05) is 13.3 Å². The lowest BCUT2D eigenvalue weighted by Gasteiger charge is -2.29. The van der Waals surface area contributed by atoms with Crippen molar-refractivity contribution in [1.82, 2.24) is 10.2 Å². The van der Waals surface area contributed by atoms with Crippen molar-refractivity contribution < 1.29 is 0 Å². The minimum atomic E-state index is 0.875. The SMILES string of the molecule is CCC1CC1NCC1CCN(C)CC1. The summed E-state index contributed by atoms with van der Waals surface area (Å²) in [6.07, 6.45) is 5.59. The van der Waals surface area contributed by atoms with Gasteiger partial charge in [0.15, 0.2) is 0 Å². The highest BCUT2D eigenvalue weighted by molar-refractivity contribution is 4.92. The molecule has 0 amide bonds. The molecule has 0 bridgehead atoms. The van der Waals surface area contributed by atoms with E-state index in [2.05, 4.69) is 24.2 Å². The van der Waals surface area contributed by atoms with Crippen LogP contribution < -0.4 is 5.32 Å². The number of hydrogen-bond donors (Lipinski definition) is 1. The maximum Gasteiger partial charge on any atom is 0.00991 e. The largest absolute Gasteiger partial charge is 0.313 e. The van der Waals surface area contributed by atoms with Gasteiger partial charge < -0.3 is 10.2 Å². The normalized spacial score (nSPS) is 34.7. The summed E-state index contributed by atoms with van der Waals surface area (Å²) < 4.78 is 0. The Kier molecular flexibility index (Phi) is 3.45. The smallest absolute Gasteiger partial charge is 0.00991 e. The van der Waals surface area contributed by atoms with Gasteiger partial charge in [0.1, 0.15) is 0 Å². The number of piperidine rings is 1. The van der Waals surface area contributed by atoms with Gasteiger partial charge in [-0.05, 0) is 57.8 Å². The molecule has 2 unspecified atom stereocenters.